The number of hydrogen-bond acceptors (Lipinski definition) is 5. The molecule has 1 fully saturated rings. The molecule has 1 heterocycles. The van der Waals surface area contributed by atoms with Gasteiger partial charge in [0.1, 0.15) is 12.0 Å². The largest absolute Gasteiger partial charge is 0.457 e. The van der Waals surface area contributed by atoms with E-state index < -0.39 is 32.5 Å². The highest BCUT2D eigenvalue weighted by Gasteiger charge is 2.53. The molecule has 4 rings (SSSR count). The lowest BCUT2D eigenvalue weighted by Crippen LogP contribution is -2.65. The molecule has 1 aliphatic rings. The maximum absolute atomic E-state index is 14.2. The van der Waals surface area contributed by atoms with E-state index in [4.69, 9.17) is 21.8 Å². The van der Waals surface area contributed by atoms with E-state index in [9.17, 15) is 9.59 Å². The third-order valence-corrected chi connectivity index (χ3v) is 17.4. The lowest BCUT2D eigenvalue weighted by atomic mass is 9.99. The average molecular weight is 606 g/mol. The molecule has 0 spiro atoms. The molecule has 0 aliphatic carbocycles. The molecule has 0 N–H and O–H groups in total. The smallest absolute Gasteiger partial charge is 0.356 e. The van der Waals surface area contributed by atoms with Crippen molar-refractivity contribution < 1.29 is 18.8 Å². The summed E-state index contributed by atoms with van der Waals surface area (Å²) in [6.07, 6.45) is 1.54. The molecule has 8 heteroatoms. The zero-order valence-electron chi connectivity index (χ0n) is 24.5. The number of nitrogens with zero attached hydrogens (tertiary/aromatic N) is 1. The Morgan fingerprint density at radius 3 is 1.73 bits per heavy atom. The number of carbonyl (C=O) groups excluding carboxylic acids is 2. The van der Waals surface area contributed by atoms with Crippen molar-refractivity contribution in [1.82, 2.24) is 4.90 Å². The van der Waals surface area contributed by atoms with Crippen LogP contribution in [-0.2, 0) is 18.8 Å². The summed E-state index contributed by atoms with van der Waals surface area (Å²) in [5.74, 6) is -1.20. The molecule has 1 saturated heterocycles. The topological polar surface area (TPSA) is 55.8 Å². The molecule has 2 atom stereocenters. The summed E-state index contributed by atoms with van der Waals surface area (Å²) in [6, 6.07) is 29.9. The molecule has 1 amide bonds. The first-order valence-electron chi connectivity index (χ1n) is 13.8. The predicted octanol–water partition coefficient (Wildman–Crippen LogP) is 5.58. The van der Waals surface area contributed by atoms with Gasteiger partial charge in [0.15, 0.2) is 8.32 Å². The van der Waals surface area contributed by atoms with Crippen LogP contribution >= 0.6 is 19.5 Å². The Hall–Kier alpha value is -2.83. The van der Waals surface area contributed by atoms with Crippen LogP contribution in [0.1, 0.15) is 20.8 Å². The van der Waals surface area contributed by atoms with Crippen LogP contribution in [0.5, 0.6) is 0 Å². The molecular weight excluding hydrogens is 565 g/mol. The van der Waals surface area contributed by atoms with Gasteiger partial charge >= 0.3 is 5.97 Å². The number of ether oxygens (including phenoxy) is 1. The van der Waals surface area contributed by atoms with Crippen LogP contribution in [0.25, 0.3) is 0 Å². The fourth-order valence-corrected chi connectivity index (χ4v) is 10.7. The van der Waals surface area contributed by atoms with Gasteiger partial charge in [-0.2, -0.15) is 12.6 Å². The summed E-state index contributed by atoms with van der Waals surface area (Å²) in [4.78, 5) is 29.9. The minimum atomic E-state index is -2.93. The molecule has 0 saturated carbocycles. The van der Waals surface area contributed by atoms with Crippen molar-refractivity contribution >= 4 is 61.0 Å². The van der Waals surface area contributed by atoms with E-state index in [1.807, 2.05) is 91.0 Å². The van der Waals surface area contributed by atoms with Crippen LogP contribution in [0.3, 0.4) is 0 Å². The Balaban J connectivity index is 1.99. The van der Waals surface area contributed by atoms with Crippen LogP contribution in [-0.4, -0.2) is 49.1 Å². The van der Waals surface area contributed by atoms with Gasteiger partial charge in [-0.3, -0.25) is 9.69 Å². The predicted molar refractivity (Wildman–Crippen MR) is 178 cm³/mol. The average Bonchev–Trinajstić information content (AvgIpc) is 2.97. The zero-order valence-corrected chi connectivity index (χ0v) is 27.3. The second-order valence-electron chi connectivity index (χ2n) is 11.7. The van der Waals surface area contributed by atoms with Gasteiger partial charge in [-0.15, -0.1) is 0 Å². The molecule has 216 valence electrons. The van der Waals surface area contributed by atoms with Gasteiger partial charge in [0.25, 0.3) is 0 Å². The Morgan fingerprint density at radius 2 is 1.37 bits per heavy atom. The lowest BCUT2D eigenvalue weighted by Gasteiger charge is -2.49. The van der Waals surface area contributed by atoms with Crippen molar-refractivity contribution in [3.8, 4) is 0 Å². The van der Waals surface area contributed by atoms with E-state index in [0.717, 1.165) is 15.9 Å². The van der Waals surface area contributed by atoms with Gasteiger partial charge in [-0.25, -0.2) is 4.79 Å². The monoisotopic (exact) mass is 605 g/mol. The standard InChI is InChI=1S/C33H40NO4PSSi/c1-7-23-37-32(36)30(34-29(35)28(31(34)40)24-38-41(5,6)33(2,3)4)39(25-17-11-8-12-18-25,26-19-13-9-14-20-26)27-21-15-10-16-22-27/h7-22,28,31,40H,1,23-24H2,2-6H3/t28-,31+/m0/s1. The number of amides is 1. The second-order valence-corrected chi connectivity index (χ2v) is 20.3. The van der Waals surface area contributed by atoms with E-state index >= 15 is 0 Å². The quantitative estimate of drug-likeness (QED) is 0.0820. The Bertz CT molecular complexity index is 1330. The first-order valence-corrected chi connectivity index (χ1v) is 19.0. The number of esters is 1. The third-order valence-electron chi connectivity index (χ3n) is 8.10. The number of hydrogen-bond donors (Lipinski definition) is 1. The van der Waals surface area contributed by atoms with Gasteiger partial charge in [0.2, 0.25) is 5.91 Å². The van der Waals surface area contributed by atoms with Crippen LogP contribution in [0.2, 0.25) is 18.1 Å². The highest BCUT2D eigenvalue weighted by atomic mass is 32.1. The van der Waals surface area contributed by atoms with Crippen LogP contribution < -0.4 is 15.9 Å². The summed E-state index contributed by atoms with van der Waals surface area (Å²) in [6.45, 7) is 12.0. The molecule has 1 aliphatic heterocycles. The van der Waals surface area contributed by atoms with Crippen molar-refractivity contribution in [3.63, 3.8) is 0 Å². The minimum Gasteiger partial charge on any atom is -0.457 e. The van der Waals surface area contributed by atoms with E-state index in [1.165, 1.54) is 6.08 Å². The highest BCUT2D eigenvalue weighted by molar-refractivity contribution is 7.96. The molecule has 3 aromatic carbocycles. The summed E-state index contributed by atoms with van der Waals surface area (Å²) in [5, 5.41) is 2.28. The van der Waals surface area contributed by atoms with Crippen LogP contribution in [0.15, 0.2) is 104 Å². The highest BCUT2D eigenvalue weighted by Crippen LogP contribution is 2.50. The Kier molecular flexibility index (Phi) is 9.55. The Morgan fingerprint density at radius 1 is 0.927 bits per heavy atom. The maximum Gasteiger partial charge on any atom is 0.356 e. The molecule has 0 radical (unpaired) electrons. The number of rotatable bonds is 10. The number of likely N-dealkylation sites (tertiary alicyclic amines) is 1. The van der Waals surface area contributed by atoms with Gasteiger partial charge in [-0.1, -0.05) is 124 Å². The first kappa shape index (κ1) is 31.1. The van der Waals surface area contributed by atoms with E-state index in [1.54, 1.807) is 4.90 Å². The number of thiol groups is 1. The van der Waals surface area contributed by atoms with E-state index in [2.05, 4.69) is 40.4 Å². The van der Waals surface area contributed by atoms with Gasteiger partial charge in [0.05, 0.1) is 11.3 Å². The molecule has 0 aromatic heterocycles. The van der Waals surface area contributed by atoms with E-state index in [0.29, 0.717) is 5.42 Å². The van der Waals surface area contributed by atoms with Crippen molar-refractivity contribution in [1.29, 1.82) is 0 Å². The lowest BCUT2D eigenvalue weighted by molar-refractivity contribution is -0.148. The van der Waals surface area contributed by atoms with Crippen LogP contribution in [0.4, 0.5) is 0 Å². The molecule has 5 nitrogen and oxygen atoms in total. The van der Waals surface area contributed by atoms with Crippen molar-refractivity contribution in [3.05, 3.63) is 104 Å². The normalized spacial score (nSPS) is 17.5. The molecule has 41 heavy (non-hydrogen) atoms. The molecule has 0 unspecified atom stereocenters. The fraction of sp³-hybridized carbons (Fsp3) is 0.303. The third kappa shape index (κ3) is 5.91. The summed E-state index contributed by atoms with van der Waals surface area (Å²) in [5.41, 5.74) is 0.316. The van der Waals surface area contributed by atoms with Crippen molar-refractivity contribution in [2.45, 2.75) is 44.3 Å². The fourth-order valence-electron chi connectivity index (χ4n) is 4.80. The molecular formula is C33H40NO4PSSi. The van der Waals surface area contributed by atoms with Gasteiger partial charge in [-0.05, 0) is 34.0 Å². The van der Waals surface area contributed by atoms with E-state index in [-0.39, 0.29) is 24.2 Å². The Labute approximate surface area is 251 Å². The van der Waals surface area contributed by atoms with Gasteiger partial charge in [0, 0.05) is 13.5 Å². The van der Waals surface area contributed by atoms with Crippen LogP contribution in [0, 0.1) is 5.92 Å². The van der Waals surface area contributed by atoms with Gasteiger partial charge < -0.3 is 9.16 Å². The number of carbonyl (C=O) groups is 2. The first-order chi connectivity index (χ1) is 19.5. The maximum atomic E-state index is 14.2. The number of benzene rings is 3. The summed E-state index contributed by atoms with van der Waals surface area (Å²) >= 11 is 4.94. The van der Waals surface area contributed by atoms with Crippen molar-refractivity contribution in [2.75, 3.05) is 13.2 Å². The zero-order chi connectivity index (χ0) is 29.8. The second kappa shape index (κ2) is 12.6. The molecule has 3 aromatic rings. The minimum absolute atomic E-state index is 0.00592. The summed E-state index contributed by atoms with van der Waals surface area (Å²) in [7, 11) is -2.10. The van der Waals surface area contributed by atoms with Crippen molar-refractivity contribution in [2.24, 2.45) is 5.92 Å². The molecule has 0 bridgehead atoms. The SMILES string of the molecule is C=CCOC(=O)C(N1C(=O)[C@H](CO[Si](C)(C)C(C)(C)C)[C@H]1S)=P(c1ccccc1)(c1ccccc1)c1ccccc1. The summed E-state index contributed by atoms with van der Waals surface area (Å²) < 4.78 is 12.2. The number of β-lactam (4-membered cyclic amide) rings is 1.